The molecule has 0 bridgehead atoms. The Balaban J connectivity index is 1.60. The average Bonchev–Trinajstić information content (AvgIpc) is 3.47. The quantitative estimate of drug-likeness (QED) is 0.397. The molecule has 1 saturated carbocycles. The lowest BCUT2D eigenvalue weighted by molar-refractivity contribution is -0.126. The lowest BCUT2D eigenvalue weighted by Gasteiger charge is -2.33. The van der Waals surface area contributed by atoms with Crippen molar-refractivity contribution in [2.24, 2.45) is 0 Å². The number of rotatable bonds is 8. The van der Waals surface area contributed by atoms with Gasteiger partial charge < -0.3 is 29.5 Å². The van der Waals surface area contributed by atoms with E-state index < -0.39 is 6.04 Å². The summed E-state index contributed by atoms with van der Waals surface area (Å²) >= 11 is 6.52. The number of phenolic OH excluding ortho intramolecular Hbond substituents is 1. The van der Waals surface area contributed by atoms with Crippen molar-refractivity contribution in [2.75, 3.05) is 20.3 Å². The number of nitrogens with one attached hydrogen (secondary N) is 1. The van der Waals surface area contributed by atoms with Gasteiger partial charge in [0.05, 0.1) is 7.11 Å². The van der Waals surface area contributed by atoms with Crippen LogP contribution in [0, 0.1) is 0 Å². The molecule has 5 rings (SSSR count). The third-order valence-electron chi connectivity index (χ3n) is 7.13. The van der Waals surface area contributed by atoms with Crippen LogP contribution in [0.15, 0.2) is 60.7 Å². The summed E-state index contributed by atoms with van der Waals surface area (Å²) in [4.78, 5) is 29.7. The molecule has 2 N–H and O–H groups in total. The van der Waals surface area contributed by atoms with E-state index in [0.717, 1.165) is 25.7 Å². The molecule has 0 aromatic heterocycles. The lowest BCUT2D eigenvalue weighted by atomic mass is 10.00. The standard InChI is InChI=1S/C30H31ClN2O6/c1-37-26-16-19(10-12-24(26)34)28(29(35)32-22-7-3-4-8-22)33(18-21-6-2-5-9-23(21)31)30(36)20-11-13-25-27(17-20)39-15-14-38-25/h2,5-6,9-13,16-17,22,28,34H,3-4,7-8,14-15,18H2,1H3,(H,32,35)/t28-/m0/s1. The SMILES string of the molecule is COc1cc([C@@H](C(=O)NC2CCCC2)N(Cc2ccccc2Cl)C(=O)c2ccc3c(c2)OCCO3)ccc1O. The van der Waals surface area contributed by atoms with E-state index in [1.54, 1.807) is 36.4 Å². The van der Waals surface area contributed by atoms with Gasteiger partial charge in [-0.15, -0.1) is 0 Å². The van der Waals surface area contributed by atoms with Crippen molar-refractivity contribution in [3.8, 4) is 23.0 Å². The van der Waals surface area contributed by atoms with E-state index in [9.17, 15) is 14.7 Å². The first kappa shape index (κ1) is 26.7. The Hall–Kier alpha value is -3.91. The van der Waals surface area contributed by atoms with E-state index in [-0.39, 0.29) is 35.9 Å². The van der Waals surface area contributed by atoms with E-state index in [4.69, 9.17) is 25.8 Å². The van der Waals surface area contributed by atoms with Crippen molar-refractivity contribution < 1.29 is 28.9 Å². The first-order chi connectivity index (χ1) is 18.9. The number of aromatic hydroxyl groups is 1. The van der Waals surface area contributed by atoms with Crippen LogP contribution in [-0.2, 0) is 11.3 Å². The van der Waals surface area contributed by atoms with Gasteiger partial charge in [0.15, 0.2) is 23.0 Å². The highest BCUT2D eigenvalue weighted by Gasteiger charge is 2.35. The molecule has 8 nitrogen and oxygen atoms in total. The van der Waals surface area contributed by atoms with E-state index >= 15 is 0 Å². The maximum absolute atomic E-state index is 14.2. The number of hydrogen-bond acceptors (Lipinski definition) is 6. The van der Waals surface area contributed by atoms with Gasteiger partial charge >= 0.3 is 0 Å². The van der Waals surface area contributed by atoms with Gasteiger partial charge in [-0.1, -0.05) is 48.7 Å². The summed E-state index contributed by atoms with van der Waals surface area (Å²) in [7, 11) is 1.44. The molecule has 0 unspecified atom stereocenters. The lowest BCUT2D eigenvalue weighted by Crippen LogP contribution is -2.46. The molecule has 1 fully saturated rings. The van der Waals surface area contributed by atoms with Crippen LogP contribution in [0.25, 0.3) is 0 Å². The molecule has 3 aromatic carbocycles. The number of methoxy groups -OCH3 is 1. The van der Waals surface area contributed by atoms with Gasteiger partial charge in [0, 0.05) is 23.2 Å². The van der Waals surface area contributed by atoms with Crippen LogP contribution in [0.1, 0.15) is 53.2 Å². The van der Waals surface area contributed by atoms with Crippen LogP contribution >= 0.6 is 11.6 Å². The average molecular weight is 551 g/mol. The van der Waals surface area contributed by atoms with Gasteiger partial charge in [-0.05, 0) is 60.4 Å². The molecule has 9 heteroatoms. The van der Waals surface area contributed by atoms with Gasteiger partial charge in [-0.3, -0.25) is 9.59 Å². The fourth-order valence-electron chi connectivity index (χ4n) is 5.12. The molecule has 0 saturated heterocycles. The smallest absolute Gasteiger partial charge is 0.255 e. The van der Waals surface area contributed by atoms with Gasteiger partial charge in [-0.2, -0.15) is 0 Å². The zero-order valence-corrected chi connectivity index (χ0v) is 22.4. The summed E-state index contributed by atoms with van der Waals surface area (Å²) in [6, 6.07) is 15.9. The minimum Gasteiger partial charge on any atom is -0.504 e. The number of carbonyl (C=O) groups is 2. The van der Waals surface area contributed by atoms with Gasteiger partial charge in [0.25, 0.3) is 5.91 Å². The molecule has 204 valence electrons. The fraction of sp³-hybridized carbons (Fsp3) is 0.333. The largest absolute Gasteiger partial charge is 0.504 e. The number of benzene rings is 3. The first-order valence-electron chi connectivity index (χ1n) is 13.1. The van der Waals surface area contributed by atoms with Crippen molar-refractivity contribution in [1.82, 2.24) is 10.2 Å². The topological polar surface area (TPSA) is 97.3 Å². The Morgan fingerprint density at radius 1 is 1.05 bits per heavy atom. The van der Waals surface area contributed by atoms with Gasteiger partial charge in [-0.25, -0.2) is 0 Å². The van der Waals surface area contributed by atoms with Gasteiger partial charge in [0.2, 0.25) is 5.91 Å². The predicted molar refractivity (Wildman–Crippen MR) is 147 cm³/mol. The Kier molecular flexibility index (Phi) is 8.12. The zero-order valence-electron chi connectivity index (χ0n) is 21.7. The molecule has 3 aromatic rings. The van der Waals surface area contributed by atoms with Crippen LogP contribution in [0.3, 0.4) is 0 Å². The highest BCUT2D eigenvalue weighted by atomic mass is 35.5. The van der Waals surface area contributed by atoms with E-state index in [1.807, 2.05) is 18.2 Å². The number of ether oxygens (including phenoxy) is 3. The number of halogens is 1. The van der Waals surface area contributed by atoms with Crippen molar-refractivity contribution in [3.05, 3.63) is 82.4 Å². The minimum atomic E-state index is -1.03. The van der Waals surface area contributed by atoms with Crippen LogP contribution in [0.2, 0.25) is 5.02 Å². The van der Waals surface area contributed by atoms with Crippen molar-refractivity contribution in [1.29, 1.82) is 0 Å². The number of phenols is 1. The Morgan fingerprint density at radius 2 is 1.79 bits per heavy atom. The normalized spacial score (nSPS) is 15.4. The molecule has 2 aliphatic rings. The third-order valence-corrected chi connectivity index (χ3v) is 7.50. The Bertz CT molecular complexity index is 1360. The Labute approximate surface area is 232 Å². The second-order valence-electron chi connectivity index (χ2n) is 9.71. The van der Waals surface area contributed by atoms with Crippen LogP contribution in [0.4, 0.5) is 0 Å². The summed E-state index contributed by atoms with van der Waals surface area (Å²) in [5.74, 6) is 0.484. The number of fused-ring (bicyclic) bond motifs is 1. The molecule has 0 spiro atoms. The molecular weight excluding hydrogens is 520 g/mol. The van der Waals surface area contributed by atoms with Crippen LogP contribution in [-0.4, -0.2) is 48.2 Å². The van der Waals surface area contributed by atoms with Gasteiger partial charge in [0.1, 0.15) is 19.3 Å². The minimum absolute atomic E-state index is 0.0329. The highest BCUT2D eigenvalue weighted by Crippen LogP contribution is 2.36. The highest BCUT2D eigenvalue weighted by molar-refractivity contribution is 6.31. The summed E-state index contributed by atoms with van der Waals surface area (Å²) < 4.78 is 16.7. The van der Waals surface area contributed by atoms with Crippen LogP contribution < -0.4 is 19.5 Å². The van der Waals surface area contributed by atoms with E-state index in [2.05, 4.69) is 5.32 Å². The Morgan fingerprint density at radius 3 is 2.54 bits per heavy atom. The maximum atomic E-state index is 14.2. The van der Waals surface area contributed by atoms with Crippen molar-refractivity contribution in [3.63, 3.8) is 0 Å². The fourth-order valence-corrected chi connectivity index (χ4v) is 5.32. The molecule has 1 atom stereocenters. The van der Waals surface area contributed by atoms with Crippen molar-refractivity contribution in [2.45, 2.75) is 44.3 Å². The second-order valence-corrected chi connectivity index (χ2v) is 10.1. The number of carbonyl (C=O) groups excluding carboxylic acids is 2. The molecule has 1 aliphatic carbocycles. The summed E-state index contributed by atoms with van der Waals surface area (Å²) in [5, 5.41) is 13.9. The number of hydrogen-bond donors (Lipinski definition) is 2. The third kappa shape index (κ3) is 5.91. The molecular formula is C30H31ClN2O6. The van der Waals surface area contributed by atoms with E-state index in [1.165, 1.54) is 18.1 Å². The molecule has 39 heavy (non-hydrogen) atoms. The predicted octanol–water partition coefficient (Wildman–Crippen LogP) is 5.27. The summed E-state index contributed by atoms with van der Waals surface area (Å²) in [5.41, 5.74) is 1.53. The first-order valence-corrected chi connectivity index (χ1v) is 13.4. The zero-order chi connectivity index (χ0) is 27.4. The molecule has 0 radical (unpaired) electrons. The van der Waals surface area contributed by atoms with Crippen LogP contribution in [0.5, 0.6) is 23.0 Å². The number of amides is 2. The maximum Gasteiger partial charge on any atom is 0.255 e. The summed E-state index contributed by atoms with van der Waals surface area (Å²) in [6.45, 7) is 0.887. The van der Waals surface area contributed by atoms with E-state index in [0.29, 0.717) is 46.4 Å². The van der Waals surface area contributed by atoms with Crippen molar-refractivity contribution >= 4 is 23.4 Å². The molecule has 1 aliphatic heterocycles. The second kappa shape index (κ2) is 11.9. The number of nitrogens with zero attached hydrogens (tertiary/aromatic N) is 1. The molecule has 1 heterocycles. The molecule has 2 amide bonds. The monoisotopic (exact) mass is 550 g/mol. The summed E-state index contributed by atoms with van der Waals surface area (Å²) in [6.07, 6.45) is 3.86.